The van der Waals surface area contributed by atoms with Gasteiger partial charge in [0.2, 0.25) is 0 Å². The van der Waals surface area contributed by atoms with E-state index in [9.17, 15) is 4.79 Å². The minimum Gasteiger partial charge on any atom is -0.495 e. The number of carbonyl (C=O) groups excluding carboxylic acids is 1. The molecule has 0 bridgehead atoms. The van der Waals surface area contributed by atoms with E-state index in [4.69, 9.17) is 21.3 Å². The number of fused-ring (bicyclic) bond motifs is 1. The largest absolute Gasteiger partial charge is 0.495 e. The fraction of sp³-hybridized carbons (Fsp3) is 0.333. The lowest BCUT2D eigenvalue weighted by Gasteiger charge is -2.28. The molecule has 0 spiro atoms. The molecule has 2 heterocycles. The number of amides is 1. The van der Waals surface area contributed by atoms with Gasteiger partial charge >= 0.3 is 0 Å². The van der Waals surface area contributed by atoms with Crippen LogP contribution in [0.25, 0.3) is 10.2 Å². The van der Waals surface area contributed by atoms with E-state index in [-0.39, 0.29) is 5.91 Å². The van der Waals surface area contributed by atoms with E-state index in [0.717, 1.165) is 31.4 Å². The van der Waals surface area contributed by atoms with Crippen LogP contribution in [-0.4, -0.2) is 37.6 Å². The van der Waals surface area contributed by atoms with Gasteiger partial charge in [-0.1, -0.05) is 23.7 Å². The lowest BCUT2D eigenvalue weighted by atomic mass is 9.99. The van der Waals surface area contributed by atoms with Crippen molar-refractivity contribution < 1.29 is 14.4 Å². The van der Waals surface area contributed by atoms with Gasteiger partial charge in [0.15, 0.2) is 6.54 Å². The molecule has 2 aromatic carbocycles. The van der Waals surface area contributed by atoms with Gasteiger partial charge in [0.25, 0.3) is 5.91 Å². The van der Waals surface area contributed by atoms with Gasteiger partial charge in [-0.25, -0.2) is 4.98 Å². The Morgan fingerprint density at radius 3 is 3.00 bits per heavy atom. The van der Waals surface area contributed by atoms with Gasteiger partial charge in [0.1, 0.15) is 10.8 Å². The van der Waals surface area contributed by atoms with E-state index in [1.54, 1.807) is 36.6 Å². The van der Waals surface area contributed by atoms with E-state index in [1.807, 2.05) is 6.07 Å². The van der Waals surface area contributed by atoms with Crippen LogP contribution in [-0.2, 0) is 4.79 Å². The highest BCUT2D eigenvalue weighted by Crippen LogP contribution is 2.30. The Labute approximate surface area is 173 Å². The fourth-order valence-electron chi connectivity index (χ4n) is 3.76. The number of nitrogens with zero attached hydrogens (tertiary/aromatic N) is 1. The van der Waals surface area contributed by atoms with Gasteiger partial charge < -0.3 is 15.0 Å². The Balaban J connectivity index is 1.38. The summed E-state index contributed by atoms with van der Waals surface area (Å²) >= 11 is 7.92. The van der Waals surface area contributed by atoms with Crippen LogP contribution in [0.4, 0.5) is 5.69 Å². The molecule has 1 unspecified atom stereocenters. The van der Waals surface area contributed by atoms with Gasteiger partial charge in [-0.05, 0) is 43.2 Å². The van der Waals surface area contributed by atoms with Crippen molar-refractivity contribution in [2.24, 2.45) is 0 Å². The second-order valence-electron chi connectivity index (χ2n) is 7.14. The smallest absolute Gasteiger partial charge is 0.279 e. The Hall–Kier alpha value is -2.15. The van der Waals surface area contributed by atoms with Crippen LogP contribution in [0.1, 0.15) is 23.8 Å². The average Bonchev–Trinajstić information content (AvgIpc) is 3.12. The summed E-state index contributed by atoms with van der Waals surface area (Å²) < 4.78 is 6.38. The van der Waals surface area contributed by atoms with Crippen LogP contribution in [0.5, 0.6) is 5.75 Å². The number of anilines is 1. The molecule has 2 N–H and O–H groups in total. The maximum absolute atomic E-state index is 12.5. The molecule has 1 fully saturated rings. The number of rotatable bonds is 5. The van der Waals surface area contributed by atoms with Crippen LogP contribution >= 0.6 is 22.9 Å². The Morgan fingerprint density at radius 1 is 1.36 bits per heavy atom. The van der Waals surface area contributed by atoms with Crippen molar-refractivity contribution in [3.63, 3.8) is 0 Å². The first-order chi connectivity index (χ1) is 13.6. The number of aromatic nitrogens is 1. The maximum atomic E-state index is 12.5. The molecule has 0 saturated carbocycles. The van der Waals surface area contributed by atoms with Crippen molar-refractivity contribution >= 4 is 44.7 Å². The van der Waals surface area contributed by atoms with Crippen LogP contribution in [0.3, 0.4) is 0 Å². The molecule has 28 heavy (non-hydrogen) atoms. The summed E-state index contributed by atoms with van der Waals surface area (Å²) in [4.78, 5) is 18.6. The Morgan fingerprint density at radius 2 is 2.21 bits per heavy atom. The highest BCUT2D eigenvalue weighted by atomic mass is 35.5. The van der Waals surface area contributed by atoms with Gasteiger partial charge in [-0.2, -0.15) is 0 Å². The molecule has 3 aromatic rings. The number of quaternary nitrogens is 1. The summed E-state index contributed by atoms with van der Waals surface area (Å²) in [5, 5.41) is 4.63. The number of benzene rings is 2. The summed E-state index contributed by atoms with van der Waals surface area (Å²) in [6.45, 7) is 2.40. The third kappa shape index (κ3) is 4.29. The van der Waals surface area contributed by atoms with Gasteiger partial charge in [-0.3, -0.25) is 4.79 Å². The monoisotopic (exact) mass is 416 g/mol. The van der Waals surface area contributed by atoms with Gasteiger partial charge in [-0.15, -0.1) is 11.3 Å². The lowest BCUT2D eigenvalue weighted by molar-refractivity contribution is -0.898. The number of ether oxygens (including phenoxy) is 1. The standard InChI is InChI=1S/C21H22ClN3O2S/c1-27-18-9-8-15(11-16(18)22)23-20(26)13-25-10-4-5-14(12-25)21-24-17-6-2-3-7-19(17)28-21/h2-3,6-9,11,14H,4-5,10,12-13H2,1H3,(H,23,26)/p+1/t14-/m0/s1. The molecule has 7 heteroatoms. The highest BCUT2D eigenvalue weighted by Gasteiger charge is 2.28. The second kappa shape index (κ2) is 8.47. The summed E-state index contributed by atoms with van der Waals surface area (Å²) in [6, 6.07) is 13.5. The van der Waals surface area contributed by atoms with E-state index in [1.165, 1.54) is 14.6 Å². The molecule has 1 amide bonds. The molecule has 1 aromatic heterocycles. The SMILES string of the molecule is COc1ccc(NC(=O)C[NH+]2CCC[C@H](c3nc4ccccc4s3)C2)cc1Cl. The zero-order valence-electron chi connectivity index (χ0n) is 15.7. The van der Waals surface area contributed by atoms with Gasteiger partial charge in [0.05, 0.1) is 41.4 Å². The minimum atomic E-state index is 0.00110. The molecular formula is C21H23ClN3O2S+. The number of halogens is 1. The van der Waals surface area contributed by atoms with Crippen molar-refractivity contribution in [1.29, 1.82) is 0 Å². The zero-order valence-corrected chi connectivity index (χ0v) is 17.3. The zero-order chi connectivity index (χ0) is 19.5. The minimum absolute atomic E-state index is 0.00110. The van der Waals surface area contributed by atoms with Crippen LogP contribution in [0.15, 0.2) is 42.5 Å². The third-order valence-electron chi connectivity index (χ3n) is 5.12. The molecule has 1 saturated heterocycles. The summed E-state index contributed by atoms with van der Waals surface area (Å²) in [6.07, 6.45) is 2.25. The first kappa shape index (κ1) is 19.2. The molecule has 1 aliphatic rings. The number of thiazole rings is 1. The number of methoxy groups -OCH3 is 1. The van der Waals surface area contributed by atoms with Crippen molar-refractivity contribution in [1.82, 2.24) is 4.98 Å². The van der Waals surface area contributed by atoms with Crippen LogP contribution < -0.4 is 15.0 Å². The fourth-order valence-corrected chi connectivity index (χ4v) is 5.12. The molecule has 4 rings (SSSR count). The van der Waals surface area contributed by atoms with Crippen LogP contribution in [0, 0.1) is 0 Å². The molecule has 0 radical (unpaired) electrons. The summed E-state index contributed by atoms with van der Waals surface area (Å²) in [7, 11) is 1.57. The van der Waals surface area contributed by atoms with Crippen molar-refractivity contribution in [3.8, 4) is 5.75 Å². The van der Waals surface area contributed by atoms with Crippen LogP contribution in [0.2, 0.25) is 5.02 Å². The summed E-state index contributed by atoms with van der Waals surface area (Å²) in [5.74, 6) is 1.02. The average molecular weight is 417 g/mol. The molecule has 0 aliphatic carbocycles. The predicted octanol–water partition coefficient (Wildman–Crippen LogP) is 3.36. The Bertz CT molecular complexity index is 958. The number of hydrogen-bond donors (Lipinski definition) is 2. The second-order valence-corrected chi connectivity index (χ2v) is 8.61. The molecular weight excluding hydrogens is 394 g/mol. The number of hydrogen-bond acceptors (Lipinski definition) is 4. The molecule has 1 aliphatic heterocycles. The number of likely N-dealkylation sites (tertiary alicyclic amines) is 1. The van der Waals surface area contributed by atoms with E-state index in [0.29, 0.717) is 28.9 Å². The van der Waals surface area contributed by atoms with E-state index < -0.39 is 0 Å². The topological polar surface area (TPSA) is 55.7 Å². The van der Waals surface area contributed by atoms with Crippen molar-refractivity contribution in [2.45, 2.75) is 18.8 Å². The highest BCUT2D eigenvalue weighted by molar-refractivity contribution is 7.18. The third-order valence-corrected chi connectivity index (χ3v) is 6.62. The molecule has 2 atom stereocenters. The summed E-state index contributed by atoms with van der Waals surface area (Å²) in [5.41, 5.74) is 1.76. The van der Waals surface area contributed by atoms with E-state index in [2.05, 4.69) is 23.5 Å². The lowest BCUT2D eigenvalue weighted by Crippen LogP contribution is -3.14. The first-order valence-electron chi connectivity index (χ1n) is 9.45. The Kier molecular flexibility index (Phi) is 5.80. The normalized spacial score (nSPS) is 19.5. The van der Waals surface area contributed by atoms with Crippen molar-refractivity contribution in [2.75, 3.05) is 32.1 Å². The molecule has 5 nitrogen and oxygen atoms in total. The van der Waals surface area contributed by atoms with E-state index >= 15 is 0 Å². The number of nitrogens with one attached hydrogen (secondary N) is 2. The maximum Gasteiger partial charge on any atom is 0.279 e. The molecule has 146 valence electrons. The number of piperidine rings is 1. The van der Waals surface area contributed by atoms with Gasteiger partial charge in [0, 0.05) is 5.69 Å². The quantitative estimate of drug-likeness (QED) is 0.670. The number of carbonyl (C=O) groups is 1. The number of para-hydroxylation sites is 1. The first-order valence-corrected chi connectivity index (χ1v) is 10.6. The predicted molar refractivity (Wildman–Crippen MR) is 114 cm³/mol. The van der Waals surface area contributed by atoms with Crippen molar-refractivity contribution in [3.05, 3.63) is 52.5 Å².